The van der Waals surface area contributed by atoms with Gasteiger partial charge in [0.25, 0.3) is 5.91 Å². The highest BCUT2D eigenvalue weighted by atomic mass is 32.1. The molecule has 2 amide bonds. The lowest BCUT2D eigenvalue weighted by molar-refractivity contribution is -0.115. The molecular formula is C26H24N6O3S. The molecule has 0 saturated carbocycles. The molecule has 1 aromatic carbocycles. The number of pyridine rings is 1. The van der Waals surface area contributed by atoms with Gasteiger partial charge in [-0.2, -0.15) is 0 Å². The van der Waals surface area contributed by atoms with Crippen LogP contribution in [0.1, 0.15) is 34.8 Å². The van der Waals surface area contributed by atoms with E-state index < -0.39 is 0 Å². The number of carbonyl (C=O) groups is 2. The highest BCUT2D eigenvalue weighted by molar-refractivity contribution is 7.14. The van der Waals surface area contributed by atoms with Gasteiger partial charge in [-0.1, -0.05) is 19.1 Å². The standard InChI is InChI=1S/C26H24N6O3S/c1-26(15-33)8-7-16-5-6-17(11-18(16)26)24(35)29-13-23(34)32-25-31-22(14-36-25)20-4-2-3-19(30-20)21-12-27-9-10-28-21/h2-6,9-12,14,33H,7-8,13,15H2,1H3,(H,29,35)(H,31,32,34)/t26-/m1/s1. The largest absolute Gasteiger partial charge is 0.395 e. The number of aliphatic hydroxyl groups is 1. The van der Waals surface area contributed by atoms with Crippen LogP contribution in [0.5, 0.6) is 0 Å². The molecule has 0 saturated heterocycles. The van der Waals surface area contributed by atoms with E-state index in [1.807, 2.05) is 37.3 Å². The summed E-state index contributed by atoms with van der Waals surface area (Å²) >= 11 is 1.27. The van der Waals surface area contributed by atoms with Gasteiger partial charge in [-0.3, -0.25) is 19.6 Å². The average molecular weight is 501 g/mol. The van der Waals surface area contributed by atoms with Gasteiger partial charge < -0.3 is 15.7 Å². The molecule has 5 rings (SSSR count). The van der Waals surface area contributed by atoms with Gasteiger partial charge in [0.05, 0.1) is 30.7 Å². The Labute approximate surface area is 211 Å². The number of carbonyl (C=O) groups excluding carboxylic acids is 2. The number of nitrogens with one attached hydrogen (secondary N) is 2. The van der Waals surface area contributed by atoms with E-state index in [4.69, 9.17) is 0 Å². The second-order valence-electron chi connectivity index (χ2n) is 8.86. The van der Waals surface area contributed by atoms with Crippen molar-refractivity contribution in [3.63, 3.8) is 0 Å². The Morgan fingerprint density at radius 1 is 1.08 bits per heavy atom. The summed E-state index contributed by atoms with van der Waals surface area (Å²) in [5, 5.41) is 17.4. The zero-order valence-electron chi connectivity index (χ0n) is 19.6. The van der Waals surface area contributed by atoms with Crippen molar-refractivity contribution in [1.29, 1.82) is 0 Å². The molecule has 1 aliphatic carbocycles. The number of aromatic nitrogens is 4. The van der Waals surface area contributed by atoms with Crippen molar-refractivity contribution in [3.8, 4) is 22.8 Å². The van der Waals surface area contributed by atoms with E-state index in [2.05, 4.69) is 30.6 Å². The van der Waals surface area contributed by atoms with Crippen molar-refractivity contribution in [2.45, 2.75) is 25.2 Å². The molecule has 0 radical (unpaired) electrons. The minimum absolute atomic E-state index is 0.0312. The molecule has 3 aromatic heterocycles. The van der Waals surface area contributed by atoms with Gasteiger partial charge in [0.15, 0.2) is 5.13 Å². The molecule has 0 bridgehead atoms. The number of nitrogens with zero attached hydrogens (tertiary/aromatic N) is 4. The molecule has 9 nitrogen and oxygen atoms in total. The molecular weight excluding hydrogens is 476 g/mol. The molecule has 0 unspecified atom stereocenters. The fraction of sp³-hybridized carbons (Fsp3) is 0.231. The molecule has 182 valence electrons. The van der Waals surface area contributed by atoms with Gasteiger partial charge in [-0.05, 0) is 48.2 Å². The highest BCUT2D eigenvalue weighted by Gasteiger charge is 2.34. The number of benzene rings is 1. The third-order valence-corrected chi connectivity index (χ3v) is 7.07. The van der Waals surface area contributed by atoms with E-state index in [-0.39, 0.29) is 30.4 Å². The number of hydrogen-bond donors (Lipinski definition) is 3. The Morgan fingerprint density at radius 3 is 2.69 bits per heavy atom. The first-order chi connectivity index (χ1) is 17.4. The maximum atomic E-state index is 12.7. The first kappa shape index (κ1) is 23.7. The normalized spacial score (nSPS) is 16.4. The summed E-state index contributed by atoms with van der Waals surface area (Å²) in [4.78, 5) is 42.5. The Morgan fingerprint density at radius 2 is 1.92 bits per heavy atom. The van der Waals surface area contributed by atoms with Crippen molar-refractivity contribution in [3.05, 3.63) is 77.1 Å². The maximum absolute atomic E-state index is 12.7. The summed E-state index contributed by atoms with van der Waals surface area (Å²) in [5.41, 5.74) is 4.87. The van der Waals surface area contributed by atoms with Crippen LogP contribution < -0.4 is 10.6 Å². The van der Waals surface area contributed by atoms with Crippen molar-refractivity contribution in [2.75, 3.05) is 18.5 Å². The third-order valence-electron chi connectivity index (χ3n) is 6.31. The van der Waals surface area contributed by atoms with Crippen LogP contribution in [0.4, 0.5) is 5.13 Å². The molecule has 0 fully saturated rings. The topological polar surface area (TPSA) is 130 Å². The number of thiazole rings is 1. The van der Waals surface area contributed by atoms with Crippen LogP contribution in [0.25, 0.3) is 22.8 Å². The van der Waals surface area contributed by atoms with Crippen molar-refractivity contribution >= 4 is 28.3 Å². The van der Waals surface area contributed by atoms with Crippen LogP contribution in [-0.4, -0.2) is 50.0 Å². The Hall–Kier alpha value is -4.02. The van der Waals surface area contributed by atoms with E-state index in [1.54, 1.807) is 30.0 Å². The summed E-state index contributed by atoms with van der Waals surface area (Å²) in [6.45, 7) is 1.84. The lowest BCUT2D eigenvalue weighted by Crippen LogP contribution is -2.33. The molecule has 36 heavy (non-hydrogen) atoms. The van der Waals surface area contributed by atoms with Crippen LogP contribution in [0, 0.1) is 0 Å². The smallest absolute Gasteiger partial charge is 0.251 e. The molecule has 3 heterocycles. The number of fused-ring (bicyclic) bond motifs is 1. The number of rotatable bonds is 7. The molecule has 10 heteroatoms. The highest BCUT2D eigenvalue weighted by Crippen LogP contribution is 2.38. The van der Waals surface area contributed by atoms with E-state index in [1.165, 1.54) is 11.3 Å². The minimum Gasteiger partial charge on any atom is -0.395 e. The van der Waals surface area contributed by atoms with E-state index in [9.17, 15) is 14.7 Å². The Bertz CT molecular complexity index is 1420. The second kappa shape index (κ2) is 9.92. The van der Waals surface area contributed by atoms with E-state index >= 15 is 0 Å². The summed E-state index contributed by atoms with van der Waals surface area (Å²) in [5.74, 6) is -0.725. The monoisotopic (exact) mass is 500 g/mol. The number of hydrogen-bond acceptors (Lipinski definition) is 8. The van der Waals surface area contributed by atoms with Gasteiger partial charge in [0.1, 0.15) is 11.4 Å². The molecule has 1 aliphatic rings. The lowest BCUT2D eigenvalue weighted by atomic mass is 9.84. The SMILES string of the molecule is C[C@]1(CO)CCc2ccc(C(=O)NCC(=O)Nc3nc(-c4cccc(-c5cnccn5)n4)cs3)cc21. The van der Waals surface area contributed by atoms with Crippen LogP contribution >= 0.6 is 11.3 Å². The van der Waals surface area contributed by atoms with Crippen LogP contribution in [0.15, 0.2) is 60.4 Å². The quantitative estimate of drug-likeness (QED) is 0.355. The van der Waals surface area contributed by atoms with Crippen LogP contribution in [0.2, 0.25) is 0 Å². The minimum atomic E-state index is -0.383. The zero-order chi connectivity index (χ0) is 25.1. The van der Waals surface area contributed by atoms with Crippen molar-refractivity contribution in [2.24, 2.45) is 0 Å². The molecule has 4 aromatic rings. The average Bonchev–Trinajstić information content (AvgIpc) is 3.52. The summed E-state index contributed by atoms with van der Waals surface area (Å²) < 4.78 is 0. The van der Waals surface area contributed by atoms with Gasteiger partial charge >= 0.3 is 0 Å². The number of aryl methyl sites for hydroxylation is 1. The summed E-state index contributed by atoms with van der Waals surface area (Å²) in [6.07, 6.45) is 6.58. The van der Waals surface area contributed by atoms with Crippen molar-refractivity contribution in [1.82, 2.24) is 25.3 Å². The number of anilines is 1. The van der Waals surface area contributed by atoms with Crippen molar-refractivity contribution < 1.29 is 14.7 Å². The fourth-order valence-electron chi connectivity index (χ4n) is 4.23. The van der Waals surface area contributed by atoms with Gasteiger partial charge in [0, 0.05) is 28.8 Å². The number of aliphatic hydroxyl groups excluding tert-OH is 1. The first-order valence-electron chi connectivity index (χ1n) is 11.5. The Balaban J connectivity index is 1.20. The fourth-order valence-corrected chi connectivity index (χ4v) is 4.95. The first-order valence-corrected chi connectivity index (χ1v) is 12.3. The van der Waals surface area contributed by atoms with Crippen LogP contribution in [0.3, 0.4) is 0 Å². The van der Waals surface area contributed by atoms with Gasteiger partial charge in [0.2, 0.25) is 5.91 Å². The van der Waals surface area contributed by atoms with Crippen LogP contribution in [-0.2, 0) is 16.6 Å². The molecule has 0 spiro atoms. The van der Waals surface area contributed by atoms with Gasteiger partial charge in [-0.25, -0.2) is 9.97 Å². The third kappa shape index (κ3) is 4.86. The molecule has 1 atom stereocenters. The number of amides is 2. The molecule has 3 N–H and O–H groups in total. The summed E-state index contributed by atoms with van der Waals surface area (Å²) in [6, 6.07) is 11.0. The summed E-state index contributed by atoms with van der Waals surface area (Å²) in [7, 11) is 0. The van der Waals surface area contributed by atoms with E-state index in [0.29, 0.717) is 33.5 Å². The van der Waals surface area contributed by atoms with Gasteiger partial charge in [-0.15, -0.1) is 11.3 Å². The maximum Gasteiger partial charge on any atom is 0.251 e. The zero-order valence-corrected chi connectivity index (χ0v) is 20.4. The van der Waals surface area contributed by atoms with E-state index in [0.717, 1.165) is 24.0 Å². The lowest BCUT2D eigenvalue weighted by Gasteiger charge is -2.22. The predicted octanol–water partition coefficient (Wildman–Crippen LogP) is 3.23. The Kier molecular flexibility index (Phi) is 6.53. The predicted molar refractivity (Wildman–Crippen MR) is 137 cm³/mol. The molecule has 0 aliphatic heterocycles. The second-order valence-corrected chi connectivity index (χ2v) is 9.72.